The normalized spacial score (nSPS) is 0. The van der Waals surface area contributed by atoms with Gasteiger partial charge in [-0.15, -0.1) is 0 Å². The van der Waals surface area contributed by atoms with Crippen molar-refractivity contribution in [3.63, 3.8) is 0 Å². The van der Waals surface area contributed by atoms with E-state index in [1.807, 2.05) is 0 Å². The summed E-state index contributed by atoms with van der Waals surface area (Å²) >= 11 is 0. The van der Waals surface area contributed by atoms with Crippen LogP contribution in [0.4, 0.5) is 18.8 Å². The summed E-state index contributed by atoms with van der Waals surface area (Å²) in [4.78, 5) is 0. The maximum atomic E-state index is 0. The Morgan fingerprint density at radius 1 is 0.400 bits per heavy atom. The van der Waals surface area contributed by atoms with Crippen LogP contribution in [0.1, 0.15) is 0 Å². The minimum Gasteiger partial charge on any atom is -0.269 e. The average molecular weight is 202 g/mol. The smallest absolute Gasteiger partial charge is 0 e. The second-order valence-corrected chi connectivity index (χ2v) is 0. The quantitative estimate of drug-likeness (QED) is 0.389. The fraction of sp³-hybridized carbons (Fsp3) is 0. The maximum Gasteiger partial charge on any atom is 0 e. The minimum atomic E-state index is 0. The van der Waals surface area contributed by atoms with Gasteiger partial charge in [-0.05, 0) is 0 Å². The monoisotopic (exact) mass is 201 g/mol. The summed E-state index contributed by atoms with van der Waals surface area (Å²) in [6, 6.07) is 0. The van der Waals surface area contributed by atoms with Crippen LogP contribution in [-0.4, -0.2) is 24.4 Å². The molecule has 0 unspecified atom stereocenters. The third kappa shape index (κ3) is 101. The SMILES string of the molecule is F.F.F.F.[Sb]. The molecule has 0 aromatic heterocycles. The van der Waals surface area contributed by atoms with Crippen molar-refractivity contribution < 1.29 is 18.8 Å². The van der Waals surface area contributed by atoms with Crippen molar-refractivity contribution in [2.75, 3.05) is 0 Å². The standard InChI is InChI=1S/4FH.Sb/h4*1H;. The topological polar surface area (TPSA) is 0 Å². The third-order valence-corrected chi connectivity index (χ3v) is 0. The van der Waals surface area contributed by atoms with Crippen LogP contribution in [0.5, 0.6) is 0 Å². The Kier molecular flexibility index (Phi) is 15400. The molecular formula is H4F4Sb. The maximum absolute atomic E-state index is 0. The molecule has 0 fully saturated rings. The van der Waals surface area contributed by atoms with Gasteiger partial charge in [-0.25, -0.2) is 0 Å². The Morgan fingerprint density at radius 3 is 0.400 bits per heavy atom. The Hall–Kier alpha value is 0.538. The fourth-order valence-electron chi connectivity index (χ4n) is 0. The van der Waals surface area contributed by atoms with Gasteiger partial charge in [0, 0.05) is 24.4 Å². The zero-order valence-electron chi connectivity index (χ0n) is 2.08. The molecule has 0 aromatic rings. The van der Waals surface area contributed by atoms with Gasteiger partial charge in [-0.3, -0.25) is 18.8 Å². The molecule has 0 spiro atoms. The van der Waals surface area contributed by atoms with Crippen LogP contribution in [0.3, 0.4) is 0 Å². The van der Waals surface area contributed by atoms with Crippen molar-refractivity contribution in [1.82, 2.24) is 0 Å². The molecule has 0 heterocycles. The van der Waals surface area contributed by atoms with E-state index in [0.717, 1.165) is 0 Å². The second kappa shape index (κ2) is 196. The van der Waals surface area contributed by atoms with E-state index in [4.69, 9.17) is 0 Å². The zero-order valence-corrected chi connectivity index (χ0v) is 4.63. The summed E-state index contributed by atoms with van der Waals surface area (Å²) in [5.74, 6) is 0. The van der Waals surface area contributed by atoms with E-state index in [0.29, 0.717) is 0 Å². The first-order valence-corrected chi connectivity index (χ1v) is 0. The molecule has 0 saturated carbocycles. The molecule has 0 bridgehead atoms. The molecule has 0 aliphatic carbocycles. The summed E-state index contributed by atoms with van der Waals surface area (Å²) in [7, 11) is 0. The van der Waals surface area contributed by atoms with E-state index in [1.54, 1.807) is 0 Å². The molecule has 0 aliphatic heterocycles. The van der Waals surface area contributed by atoms with Crippen LogP contribution in [0.25, 0.3) is 0 Å². The van der Waals surface area contributed by atoms with Gasteiger partial charge < -0.3 is 0 Å². The summed E-state index contributed by atoms with van der Waals surface area (Å²) in [5.41, 5.74) is 0. The van der Waals surface area contributed by atoms with E-state index in [2.05, 4.69) is 0 Å². The van der Waals surface area contributed by atoms with Crippen LogP contribution >= 0.6 is 0 Å². The number of halogens is 4. The molecule has 0 rings (SSSR count). The summed E-state index contributed by atoms with van der Waals surface area (Å²) < 4.78 is 0. The first-order chi connectivity index (χ1) is 0. The molecule has 5 heavy (non-hydrogen) atoms. The molecule has 0 aliphatic rings. The van der Waals surface area contributed by atoms with Crippen molar-refractivity contribution >= 4 is 24.4 Å². The molecule has 3 radical (unpaired) electrons. The minimum absolute atomic E-state index is 0. The van der Waals surface area contributed by atoms with Crippen molar-refractivity contribution in [2.45, 2.75) is 0 Å². The second-order valence-electron chi connectivity index (χ2n) is 0. The van der Waals surface area contributed by atoms with Gasteiger partial charge in [0.05, 0.1) is 0 Å². The van der Waals surface area contributed by atoms with E-state index < -0.39 is 0 Å². The Labute approximate surface area is 43.9 Å². The largest absolute Gasteiger partial charge is 0.269 e. The van der Waals surface area contributed by atoms with E-state index in [-0.39, 0.29) is 43.2 Å². The predicted molar refractivity (Wildman–Crippen MR) is 15.8 cm³/mol. The van der Waals surface area contributed by atoms with E-state index >= 15 is 0 Å². The van der Waals surface area contributed by atoms with Crippen molar-refractivity contribution in [1.29, 1.82) is 0 Å². The van der Waals surface area contributed by atoms with E-state index in [1.165, 1.54) is 0 Å². The fourth-order valence-corrected chi connectivity index (χ4v) is 0. The van der Waals surface area contributed by atoms with Crippen molar-refractivity contribution in [2.24, 2.45) is 0 Å². The zero-order chi connectivity index (χ0) is 0. The van der Waals surface area contributed by atoms with Crippen LogP contribution in [0, 0.1) is 0 Å². The van der Waals surface area contributed by atoms with Crippen LogP contribution in [0.15, 0.2) is 0 Å². The molecule has 0 N–H and O–H groups in total. The molecule has 37 valence electrons. The first-order valence-electron chi connectivity index (χ1n) is 0. The summed E-state index contributed by atoms with van der Waals surface area (Å²) in [6.07, 6.45) is 0. The van der Waals surface area contributed by atoms with Gasteiger partial charge in [0.15, 0.2) is 0 Å². The van der Waals surface area contributed by atoms with Gasteiger partial charge in [0.2, 0.25) is 0 Å². The molecule has 0 saturated heterocycles. The first kappa shape index (κ1) is 394. The van der Waals surface area contributed by atoms with Crippen LogP contribution < -0.4 is 0 Å². The van der Waals surface area contributed by atoms with Crippen LogP contribution in [0.2, 0.25) is 0 Å². The van der Waals surface area contributed by atoms with Crippen LogP contribution in [-0.2, 0) is 0 Å². The van der Waals surface area contributed by atoms with Gasteiger partial charge in [0.1, 0.15) is 0 Å². The Balaban J connectivity index is 0. The van der Waals surface area contributed by atoms with E-state index in [9.17, 15) is 0 Å². The van der Waals surface area contributed by atoms with Crippen molar-refractivity contribution in [3.8, 4) is 0 Å². The Morgan fingerprint density at radius 2 is 0.400 bits per heavy atom. The molecule has 5 heteroatoms. The molecule has 0 atom stereocenters. The summed E-state index contributed by atoms with van der Waals surface area (Å²) in [6.45, 7) is 0. The third-order valence-electron chi connectivity index (χ3n) is 0. The van der Waals surface area contributed by atoms with Crippen molar-refractivity contribution in [3.05, 3.63) is 0 Å². The van der Waals surface area contributed by atoms with Gasteiger partial charge in [-0.2, -0.15) is 0 Å². The van der Waals surface area contributed by atoms with Gasteiger partial charge in [-0.1, -0.05) is 0 Å². The molecule has 0 amide bonds. The number of rotatable bonds is 0. The molecule has 0 aromatic carbocycles. The number of hydrogen-bond acceptors (Lipinski definition) is 0. The van der Waals surface area contributed by atoms with Gasteiger partial charge >= 0.3 is 0 Å². The average Bonchev–Trinajstić information content (AvgIpc) is 0. The summed E-state index contributed by atoms with van der Waals surface area (Å²) in [5, 5.41) is 0. The predicted octanol–water partition coefficient (Wildman–Crippen LogP) is 0.229. The molecule has 0 nitrogen and oxygen atoms in total. The molecular weight excluding hydrogens is 198 g/mol. The number of hydrogen-bond donors (Lipinski definition) is 0. The Bertz CT molecular complexity index is 3.61. The van der Waals surface area contributed by atoms with Gasteiger partial charge in [0.25, 0.3) is 0 Å².